The summed E-state index contributed by atoms with van der Waals surface area (Å²) >= 11 is 1.44. The van der Waals surface area contributed by atoms with Crippen molar-refractivity contribution in [2.24, 2.45) is 0 Å². The zero-order valence-corrected chi connectivity index (χ0v) is 18.4. The maximum atomic E-state index is 13.2. The van der Waals surface area contributed by atoms with Crippen molar-refractivity contribution in [2.75, 3.05) is 31.1 Å². The lowest BCUT2D eigenvalue weighted by atomic mass is 10.2. The monoisotopic (exact) mass is 432 g/mol. The van der Waals surface area contributed by atoms with Gasteiger partial charge >= 0.3 is 0 Å². The van der Waals surface area contributed by atoms with E-state index in [0.717, 1.165) is 42.7 Å². The summed E-state index contributed by atoms with van der Waals surface area (Å²) in [7, 11) is 0. The highest BCUT2D eigenvalue weighted by molar-refractivity contribution is 8.00. The fourth-order valence-corrected chi connectivity index (χ4v) is 4.94. The molecule has 158 valence electrons. The van der Waals surface area contributed by atoms with Gasteiger partial charge in [-0.3, -0.25) is 4.79 Å². The molecule has 1 amide bonds. The summed E-state index contributed by atoms with van der Waals surface area (Å²) in [5, 5.41) is 5.92. The summed E-state index contributed by atoms with van der Waals surface area (Å²) in [6.07, 6.45) is 0. The maximum absolute atomic E-state index is 13.2. The van der Waals surface area contributed by atoms with Crippen LogP contribution in [0, 0.1) is 6.92 Å². The number of anilines is 1. The predicted octanol–water partition coefficient (Wildman–Crippen LogP) is 3.42. The van der Waals surface area contributed by atoms with Gasteiger partial charge in [-0.25, -0.2) is 9.97 Å². The Balaban J connectivity index is 1.32. The Morgan fingerprint density at radius 1 is 0.968 bits per heavy atom. The highest BCUT2D eigenvalue weighted by Gasteiger charge is 2.27. The molecule has 4 aromatic rings. The lowest BCUT2D eigenvalue weighted by molar-refractivity contribution is -0.130. The van der Waals surface area contributed by atoms with Gasteiger partial charge in [-0.1, -0.05) is 42.1 Å². The number of para-hydroxylation sites is 2. The topological polar surface area (TPSA) is 66.6 Å². The van der Waals surface area contributed by atoms with E-state index in [1.165, 1.54) is 17.4 Å². The highest BCUT2D eigenvalue weighted by Crippen LogP contribution is 2.28. The van der Waals surface area contributed by atoms with E-state index in [1.807, 2.05) is 49.1 Å². The van der Waals surface area contributed by atoms with E-state index in [1.54, 1.807) is 4.52 Å². The van der Waals surface area contributed by atoms with Crippen molar-refractivity contribution in [1.29, 1.82) is 0 Å². The normalized spacial score (nSPS) is 15.5. The first-order valence-electron chi connectivity index (χ1n) is 10.5. The standard InChI is InChI=1S/C23H24N6OS/c1-16(22(30)28-14-12-27(13-15-28)18-8-4-3-5-9-18)31-23-25-20-11-7-6-10-19(20)21-24-17(2)26-29(21)23/h3-11,16H,12-15H2,1-2H3. The van der Waals surface area contributed by atoms with Gasteiger partial charge in [0.1, 0.15) is 5.82 Å². The molecule has 1 aliphatic rings. The third-order valence-corrected chi connectivity index (χ3v) is 6.63. The number of hydrogen-bond donors (Lipinski definition) is 0. The summed E-state index contributed by atoms with van der Waals surface area (Å²) in [6.45, 7) is 6.95. The first-order chi connectivity index (χ1) is 15.1. The third-order valence-electron chi connectivity index (χ3n) is 5.60. The summed E-state index contributed by atoms with van der Waals surface area (Å²) in [4.78, 5) is 26.8. The number of carbonyl (C=O) groups excluding carboxylic acids is 1. The minimum Gasteiger partial charge on any atom is -0.368 e. The zero-order valence-electron chi connectivity index (χ0n) is 17.6. The number of aryl methyl sites for hydroxylation is 1. The Morgan fingerprint density at radius 3 is 2.45 bits per heavy atom. The van der Waals surface area contributed by atoms with Crippen LogP contribution >= 0.6 is 11.8 Å². The molecule has 0 bridgehead atoms. The van der Waals surface area contributed by atoms with Crippen LogP contribution < -0.4 is 4.90 Å². The molecule has 3 heterocycles. The molecule has 1 aliphatic heterocycles. The first kappa shape index (κ1) is 19.8. The molecule has 0 radical (unpaired) electrons. The van der Waals surface area contributed by atoms with Crippen molar-refractivity contribution in [2.45, 2.75) is 24.3 Å². The molecular formula is C23H24N6OS. The van der Waals surface area contributed by atoms with Crippen LogP contribution in [0.5, 0.6) is 0 Å². The van der Waals surface area contributed by atoms with Gasteiger partial charge in [0, 0.05) is 37.3 Å². The fourth-order valence-electron chi connectivity index (χ4n) is 4.00. The number of thioether (sulfide) groups is 1. The quantitative estimate of drug-likeness (QED) is 0.364. The second kappa shape index (κ2) is 8.19. The van der Waals surface area contributed by atoms with E-state index >= 15 is 0 Å². The van der Waals surface area contributed by atoms with E-state index < -0.39 is 0 Å². The minimum absolute atomic E-state index is 0.137. The van der Waals surface area contributed by atoms with Gasteiger partial charge in [-0.2, -0.15) is 4.52 Å². The molecule has 1 fully saturated rings. The Bertz CT molecular complexity index is 1230. The van der Waals surface area contributed by atoms with Crippen molar-refractivity contribution in [3.63, 3.8) is 0 Å². The average molecular weight is 433 g/mol. The molecule has 0 saturated carbocycles. The van der Waals surface area contributed by atoms with Crippen LogP contribution in [0.2, 0.25) is 0 Å². The van der Waals surface area contributed by atoms with Crippen LogP contribution in [0.1, 0.15) is 12.7 Å². The molecule has 8 heteroatoms. The molecule has 1 unspecified atom stereocenters. The smallest absolute Gasteiger partial charge is 0.236 e. The number of carbonyl (C=O) groups is 1. The Morgan fingerprint density at radius 2 is 1.68 bits per heavy atom. The largest absolute Gasteiger partial charge is 0.368 e. The molecule has 1 atom stereocenters. The molecule has 0 N–H and O–H groups in total. The van der Waals surface area contributed by atoms with Crippen LogP contribution in [0.25, 0.3) is 16.6 Å². The summed E-state index contributed by atoms with van der Waals surface area (Å²) in [5.41, 5.74) is 2.85. The summed E-state index contributed by atoms with van der Waals surface area (Å²) < 4.78 is 1.76. The number of aromatic nitrogens is 4. The Labute approximate surface area is 185 Å². The van der Waals surface area contributed by atoms with E-state index in [2.05, 4.69) is 39.2 Å². The Kier molecular flexibility index (Phi) is 5.23. The van der Waals surface area contributed by atoms with E-state index in [4.69, 9.17) is 4.98 Å². The van der Waals surface area contributed by atoms with Crippen molar-refractivity contribution in [3.05, 3.63) is 60.4 Å². The van der Waals surface area contributed by atoms with Crippen molar-refractivity contribution in [1.82, 2.24) is 24.5 Å². The molecule has 5 rings (SSSR count). The van der Waals surface area contributed by atoms with Gasteiger partial charge in [0.05, 0.1) is 10.8 Å². The van der Waals surface area contributed by atoms with Gasteiger partial charge < -0.3 is 9.80 Å². The number of fused-ring (bicyclic) bond motifs is 3. The summed E-state index contributed by atoms with van der Waals surface area (Å²) in [6, 6.07) is 18.3. The number of amides is 1. The fraction of sp³-hybridized carbons (Fsp3) is 0.304. The number of rotatable bonds is 4. The van der Waals surface area contributed by atoms with Gasteiger partial charge in [0.15, 0.2) is 10.8 Å². The van der Waals surface area contributed by atoms with Crippen LogP contribution in [0.3, 0.4) is 0 Å². The summed E-state index contributed by atoms with van der Waals surface area (Å²) in [5.74, 6) is 0.827. The van der Waals surface area contributed by atoms with Gasteiger partial charge in [0.2, 0.25) is 5.91 Å². The molecule has 31 heavy (non-hydrogen) atoms. The maximum Gasteiger partial charge on any atom is 0.236 e. The van der Waals surface area contributed by atoms with Gasteiger partial charge in [-0.15, -0.1) is 5.10 Å². The van der Waals surface area contributed by atoms with E-state index in [9.17, 15) is 4.79 Å². The molecule has 7 nitrogen and oxygen atoms in total. The van der Waals surface area contributed by atoms with Gasteiger partial charge in [0.25, 0.3) is 0 Å². The van der Waals surface area contributed by atoms with E-state index in [-0.39, 0.29) is 11.2 Å². The molecular weight excluding hydrogens is 408 g/mol. The van der Waals surface area contributed by atoms with E-state index in [0.29, 0.717) is 11.0 Å². The lowest BCUT2D eigenvalue weighted by Crippen LogP contribution is -2.50. The molecule has 0 aliphatic carbocycles. The molecule has 1 saturated heterocycles. The van der Waals surface area contributed by atoms with Crippen LogP contribution in [0.4, 0.5) is 5.69 Å². The molecule has 2 aromatic heterocycles. The van der Waals surface area contributed by atoms with Crippen molar-refractivity contribution < 1.29 is 4.79 Å². The SMILES string of the molecule is Cc1nc2c3ccccc3nc(SC(C)C(=O)N3CCN(c4ccccc4)CC3)n2n1. The van der Waals surface area contributed by atoms with Crippen molar-refractivity contribution >= 4 is 39.9 Å². The third kappa shape index (κ3) is 3.83. The van der Waals surface area contributed by atoms with Crippen molar-refractivity contribution in [3.8, 4) is 0 Å². The molecule has 0 spiro atoms. The van der Waals surface area contributed by atoms with Crippen LogP contribution in [0.15, 0.2) is 59.8 Å². The lowest BCUT2D eigenvalue weighted by Gasteiger charge is -2.37. The van der Waals surface area contributed by atoms with Crippen LogP contribution in [-0.2, 0) is 4.79 Å². The zero-order chi connectivity index (χ0) is 21.4. The highest BCUT2D eigenvalue weighted by atomic mass is 32.2. The average Bonchev–Trinajstić information content (AvgIpc) is 3.21. The predicted molar refractivity (Wildman–Crippen MR) is 124 cm³/mol. The van der Waals surface area contributed by atoms with Crippen LogP contribution in [-0.4, -0.2) is 61.8 Å². The number of nitrogens with zero attached hydrogens (tertiary/aromatic N) is 6. The minimum atomic E-state index is -0.260. The van der Waals surface area contributed by atoms with Gasteiger partial charge in [-0.05, 0) is 38.1 Å². The number of benzene rings is 2. The second-order valence-corrected chi connectivity index (χ2v) is 9.02. The molecule has 2 aromatic carbocycles. The number of piperazine rings is 1. The second-order valence-electron chi connectivity index (χ2n) is 7.71. The Hall–Kier alpha value is -3.13. The number of hydrogen-bond acceptors (Lipinski definition) is 6. The first-order valence-corrected chi connectivity index (χ1v) is 11.4.